The quantitative estimate of drug-likeness (QED) is 0.0519. The molecule has 0 aliphatic heterocycles. The average Bonchev–Trinajstić information content (AvgIpc) is 3.52. The van der Waals surface area contributed by atoms with Gasteiger partial charge in [-0.15, -0.1) is 0 Å². The van der Waals surface area contributed by atoms with Gasteiger partial charge in [0.1, 0.15) is 74.1 Å². The second-order valence-corrected chi connectivity index (χ2v) is 19.8. The van der Waals surface area contributed by atoms with Gasteiger partial charge in [0.05, 0.1) is 0 Å². The van der Waals surface area contributed by atoms with Crippen LogP contribution >= 0.6 is 0 Å². The highest BCUT2D eigenvalue weighted by atomic mass is 16.5. The van der Waals surface area contributed by atoms with Crippen molar-refractivity contribution >= 4 is 54.7 Å². The molecule has 0 aliphatic carbocycles. The summed E-state index contributed by atoms with van der Waals surface area (Å²) >= 11 is 0. The minimum absolute atomic E-state index is 0.201. The second-order valence-electron chi connectivity index (χ2n) is 19.8. The molecule has 0 bridgehead atoms. The van der Waals surface area contributed by atoms with E-state index in [-0.39, 0.29) is 24.3 Å². The highest BCUT2D eigenvalue weighted by molar-refractivity contribution is 6.49. The summed E-state index contributed by atoms with van der Waals surface area (Å²) in [6.45, 7) is 1.89. The summed E-state index contributed by atoms with van der Waals surface area (Å²) in [5.41, 5.74) is 6.35. The number of carbonyl (C=O) groups excluding carboxylic acids is 2. The van der Waals surface area contributed by atoms with Crippen molar-refractivity contribution in [1.29, 1.82) is 0 Å². The third-order valence-electron chi connectivity index (χ3n) is 14.0. The molecule has 8 heteroatoms. The maximum absolute atomic E-state index is 13.6. The molecule has 0 fully saturated rings. The summed E-state index contributed by atoms with van der Waals surface area (Å²) in [4.78, 5) is 27.1. The molecule has 0 aromatic heterocycles. The van der Waals surface area contributed by atoms with Crippen LogP contribution in [-0.4, -0.2) is 11.6 Å². The van der Waals surface area contributed by atoms with Gasteiger partial charge in [-0.25, -0.2) is 0 Å². The van der Waals surface area contributed by atoms with Gasteiger partial charge in [0.2, 0.25) is 11.6 Å². The van der Waals surface area contributed by atoms with Crippen LogP contribution < -0.4 is 28.4 Å². The number of ether oxygens (including phenoxy) is 6. The molecule has 0 amide bonds. The Balaban J connectivity index is 0.681. The molecule has 0 saturated carbocycles. The van der Waals surface area contributed by atoms with Crippen molar-refractivity contribution < 1.29 is 38.0 Å². The van der Waals surface area contributed by atoms with Crippen LogP contribution in [0.25, 0.3) is 43.1 Å². The van der Waals surface area contributed by atoms with Crippen molar-refractivity contribution in [1.82, 2.24) is 0 Å². The van der Waals surface area contributed by atoms with Gasteiger partial charge in [0.25, 0.3) is 0 Å². The van der Waals surface area contributed by atoms with Crippen LogP contribution in [0.15, 0.2) is 255 Å². The van der Waals surface area contributed by atoms with Crippen molar-refractivity contribution in [2.75, 3.05) is 0 Å². The molecule has 0 saturated heterocycles. The minimum atomic E-state index is -0.633. The van der Waals surface area contributed by atoms with Crippen LogP contribution in [0, 0.1) is 0 Å². The van der Waals surface area contributed by atoms with Crippen LogP contribution in [0.5, 0.6) is 34.5 Å². The molecule has 12 rings (SSSR count). The van der Waals surface area contributed by atoms with Gasteiger partial charge < -0.3 is 28.4 Å². The summed E-state index contributed by atoms with van der Waals surface area (Å²) < 4.78 is 37.9. The monoisotopic (exact) mass is 1050 g/mol. The van der Waals surface area contributed by atoms with E-state index in [0.717, 1.165) is 54.9 Å². The molecule has 8 nitrogen and oxygen atoms in total. The number of benzene rings is 12. The zero-order valence-electron chi connectivity index (χ0n) is 43.8. The Kier molecular flexibility index (Phi) is 14.9. The Morgan fingerprint density at radius 2 is 0.450 bits per heavy atom. The Hall–Kier alpha value is -10.2. The fraction of sp³-hybridized carbons (Fsp3) is 0.0833. The van der Waals surface area contributed by atoms with Crippen LogP contribution in [0.1, 0.15) is 54.1 Å². The first kappa shape index (κ1) is 50.6. The molecule has 0 spiro atoms. The van der Waals surface area contributed by atoms with Crippen molar-refractivity contribution in [2.24, 2.45) is 0 Å². The van der Waals surface area contributed by atoms with Gasteiger partial charge >= 0.3 is 0 Å². The molecule has 390 valence electrons. The van der Waals surface area contributed by atoms with E-state index < -0.39 is 11.6 Å². The van der Waals surface area contributed by atoms with E-state index in [1.807, 2.05) is 84.9 Å². The van der Waals surface area contributed by atoms with Gasteiger partial charge in [-0.3, -0.25) is 9.59 Å². The summed E-state index contributed by atoms with van der Waals surface area (Å²) in [6.07, 6.45) is 0. The predicted octanol–water partition coefficient (Wildman–Crippen LogP) is 16.8. The van der Waals surface area contributed by atoms with Gasteiger partial charge in [0.15, 0.2) is 0 Å². The van der Waals surface area contributed by atoms with E-state index in [0.29, 0.717) is 60.9 Å². The van der Waals surface area contributed by atoms with Crippen molar-refractivity contribution in [2.45, 2.75) is 39.6 Å². The van der Waals surface area contributed by atoms with Crippen molar-refractivity contribution in [3.8, 4) is 34.5 Å². The number of fused-ring (bicyclic) bond motifs is 4. The number of hydrogen-bond acceptors (Lipinski definition) is 8. The first-order valence-electron chi connectivity index (χ1n) is 26.6. The standard InChI is InChI=1S/C72H54O8/c73-71(59-25-29-65(30-26-59)75-47-53-37-67(77-43-49-17-21-55-9-1-5-13-61(55)33-49)41-68(38-53)78-44-50-18-22-56-10-2-6-14-62(56)34-50)72(74)60-27-31-66(32-28-60)76-48-54-39-69(79-45-51-19-23-57-11-3-7-15-63(57)35-51)42-70(40-54)80-46-52-20-24-58-12-4-8-16-64(58)36-52/h1-42H,43-48H2. The number of rotatable bonds is 21. The summed E-state index contributed by atoms with van der Waals surface area (Å²) in [7, 11) is 0. The summed E-state index contributed by atoms with van der Waals surface area (Å²) in [5.74, 6) is 2.36. The van der Waals surface area contributed by atoms with Crippen LogP contribution in [-0.2, 0) is 39.6 Å². The Bertz CT molecular complexity index is 3710. The lowest BCUT2D eigenvalue weighted by molar-refractivity contribution is 0.0817. The third kappa shape index (κ3) is 12.5. The third-order valence-corrected chi connectivity index (χ3v) is 14.0. The first-order valence-corrected chi connectivity index (χ1v) is 26.6. The number of ketones is 2. The first-order chi connectivity index (χ1) is 39.3. The molecule has 0 aliphatic rings. The fourth-order valence-corrected chi connectivity index (χ4v) is 9.74. The van der Waals surface area contributed by atoms with E-state index in [2.05, 4.69) is 121 Å². The lowest BCUT2D eigenvalue weighted by atomic mass is 10.0. The van der Waals surface area contributed by atoms with Gasteiger partial charge in [-0.05, 0) is 174 Å². The maximum atomic E-state index is 13.6. The second kappa shape index (κ2) is 23.6. The Morgan fingerprint density at radius 3 is 0.725 bits per heavy atom. The van der Waals surface area contributed by atoms with Gasteiger partial charge in [-0.1, -0.05) is 146 Å². The molecule has 0 atom stereocenters. The SMILES string of the molecule is O=C(C(=O)c1ccc(OCc2cc(OCc3ccc4ccccc4c3)cc(OCc3ccc4ccccc4c3)c2)cc1)c1ccc(OCc2cc(OCc3ccc4ccccc4c3)cc(OCc3ccc4ccccc4c3)c2)cc1. The van der Waals surface area contributed by atoms with Gasteiger partial charge in [0, 0.05) is 23.3 Å². The highest BCUT2D eigenvalue weighted by Crippen LogP contribution is 2.30. The molecule has 12 aromatic rings. The topological polar surface area (TPSA) is 89.5 Å². The van der Waals surface area contributed by atoms with Crippen molar-refractivity contribution in [3.63, 3.8) is 0 Å². The van der Waals surface area contributed by atoms with Crippen LogP contribution in [0.2, 0.25) is 0 Å². The normalized spacial score (nSPS) is 11.2. The van der Waals surface area contributed by atoms with Crippen LogP contribution in [0.3, 0.4) is 0 Å². The van der Waals surface area contributed by atoms with E-state index >= 15 is 0 Å². The molecular weight excluding hydrogens is 993 g/mol. The largest absolute Gasteiger partial charge is 0.489 e. The summed E-state index contributed by atoms with van der Waals surface area (Å²) in [5, 5.41) is 9.29. The smallest absolute Gasteiger partial charge is 0.233 e. The maximum Gasteiger partial charge on any atom is 0.233 e. The molecule has 12 aromatic carbocycles. The molecule has 80 heavy (non-hydrogen) atoms. The van der Waals surface area contributed by atoms with E-state index in [4.69, 9.17) is 28.4 Å². The highest BCUT2D eigenvalue weighted by Gasteiger charge is 2.19. The zero-order valence-corrected chi connectivity index (χ0v) is 43.8. The molecule has 0 radical (unpaired) electrons. The molecular formula is C72H54O8. The number of hydrogen-bond donors (Lipinski definition) is 0. The molecule has 0 unspecified atom stereocenters. The average molecular weight is 1050 g/mol. The van der Waals surface area contributed by atoms with Crippen LogP contribution in [0.4, 0.5) is 0 Å². The molecule has 0 N–H and O–H groups in total. The van der Waals surface area contributed by atoms with Gasteiger partial charge in [-0.2, -0.15) is 0 Å². The number of Topliss-reactive ketones (excluding diaryl/α,β-unsaturated/α-hetero) is 2. The lowest BCUT2D eigenvalue weighted by Crippen LogP contribution is -2.14. The Morgan fingerprint density at radius 1 is 0.212 bits per heavy atom. The van der Waals surface area contributed by atoms with Crippen molar-refractivity contribution in [3.05, 3.63) is 299 Å². The zero-order chi connectivity index (χ0) is 54.0. The summed E-state index contributed by atoms with van der Waals surface area (Å²) in [6, 6.07) is 83.1. The minimum Gasteiger partial charge on any atom is -0.489 e. The fourth-order valence-electron chi connectivity index (χ4n) is 9.74. The predicted molar refractivity (Wildman–Crippen MR) is 316 cm³/mol. The number of carbonyl (C=O) groups is 2. The van der Waals surface area contributed by atoms with E-state index in [1.54, 1.807) is 48.5 Å². The molecule has 0 heterocycles. The van der Waals surface area contributed by atoms with E-state index in [1.165, 1.54) is 21.5 Å². The lowest BCUT2D eigenvalue weighted by Gasteiger charge is -2.14. The Labute approximate surface area is 463 Å². The van der Waals surface area contributed by atoms with E-state index in [9.17, 15) is 9.59 Å².